The number of amides is 2. The number of nitrogens with one attached hydrogen (secondary N) is 2. The molecule has 0 rings (SSSR count). The Hall–Kier alpha value is -1.14. The summed E-state index contributed by atoms with van der Waals surface area (Å²) in [6.07, 6.45) is 0.610. The van der Waals surface area contributed by atoms with E-state index in [1.54, 1.807) is 11.9 Å². The van der Waals surface area contributed by atoms with Gasteiger partial charge in [0.25, 0.3) is 5.91 Å². The van der Waals surface area contributed by atoms with Gasteiger partial charge in [-0.2, -0.15) is 0 Å². The van der Waals surface area contributed by atoms with E-state index in [9.17, 15) is 9.59 Å². The zero-order valence-electron chi connectivity index (χ0n) is 9.54. The normalized spacial score (nSPS) is 12.3. The fourth-order valence-corrected chi connectivity index (χ4v) is 1.38. The van der Waals surface area contributed by atoms with Gasteiger partial charge < -0.3 is 5.32 Å². The molecule has 0 saturated carbocycles. The molecule has 0 saturated heterocycles. The highest BCUT2D eigenvalue weighted by Crippen LogP contribution is 2.00. The first kappa shape index (κ1) is 13.9. The Kier molecular flexibility index (Phi) is 6.64. The minimum Gasteiger partial charge on any atom is -0.355 e. The van der Waals surface area contributed by atoms with Crippen molar-refractivity contribution in [2.75, 3.05) is 20.1 Å². The van der Waals surface area contributed by atoms with Gasteiger partial charge >= 0.3 is 0 Å². The third-order valence-electron chi connectivity index (χ3n) is 2.13. The fourth-order valence-electron chi connectivity index (χ4n) is 1.38. The molecule has 0 heterocycles. The number of hydrazine groups is 1. The van der Waals surface area contributed by atoms with E-state index in [0.717, 1.165) is 0 Å². The van der Waals surface area contributed by atoms with Crippen LogP contribution in [-0.2, 0) is 9.59 Å². The number of hydrogen-bond donors (Lipinski definition) is 3. The number of likely N-dealkylation sites (N-methyl/N-ethyl adjacent to an activating group) is 2. The molecule has 0 aliphatic heterocycles. The predicted molar refractivity (Wildman–Crippen MR) is 57.7 cm³/mol. The topological polar surface area (TPSA) is 87.5 Å². The van der Waals surface area contributed by atoms with E-state index in [-0.39, 0.29) is 24.4 Å². The van der Waals surface area contributed by atoms with Crippen molar-refractivity contribution in [1.29, 1.82) is 0 Å². The van der Waals surface area contributed by atoms with Crippen molar-refractivity contribution in [2.24, 2.45) is 5.84 Å². The van der Waals surface area contributed by atoms with Gasteiger partial charge in [0.15, 0.2) is 0 Å². The van der Waals surface area contributed by atoms with Crippen molar-refractivity contribution in [3.8, 4) is 0 Å². The molecule has 1 unspecified atom stereocenters. The van der Waals surface area contributed by atoms with Crippen LogP contribution in [0.3, 0.4) is 0 Å². The highest BCUT2D eigenvalue weighted by Gasteiger charge is 2.21. The fraction of sp³-hybridized carbons (Fsp3) is 0.778. The maximum Gasteiger partial charge on any atom is 0.251 e. The summed E-state index contributed by atoms with van der Waals surface area (Å²) in [4.78, 5) is 24.3. The molecule has 0 aromatic carbocycles. The molecule has 0 aromatic rings. The van der Waals surface area contributed by atoms with Gasteiger partial charge in [0.1, 0.15) is 0 Å². The largest absolute Gasteiger partial charge is 0.355 e. The van der Waals surface area contributed by atoms with E-state index < -0.39 is 0 Å². The van der Waals surface area contributed by atoms with Crippen LogP contribution in [0, 0.1) is 0 Å². The van der Waals surface area contributed by atoms with Gasteiger partial charge in [0.05, 0.1) is 12.6 Å². The Labute approximate surface area is 90.2 Å². The summed E-state index contributed by atoms with van der Waals surface area (Å²) in [5.41, 5.74) is 2.09. The van der Waals surface area contributed by atoms with Crippen LogP contribution in [0.1, 0.15) is 20.3 Å². The summed E-state index contributed by atoms with van der Waals surface area (Å²) in [6.45, 7) is 4.50. The van der Waals surface area contributed by atoms with E-state index in [0.29, 0.717) is 13.0 Å². The smallest absolute Gasteiger partial charge is 0.251 e. The van der Waals surface area contributed by atoms with Gasteiger partial charge in [-0.15, -0.1) is 0 Å². The highest BCUT2D eigenvalue weighted by atomic mass is 16.2. The molecule has 4 N–H and O–H groups in total. The third-order valence-corrected chi connectivity index (χ3v) is 2.13. The summed E-state index contributed by atoms with van der Waals surface area (Å²) < 4.78 is 0. The number of nitrogens with zero attached hydrogens (tertiary/aromatic N) is 1. The van der Waals surface area contributed by atoms with Crippen LogP contribution in [0.25, 0.3) is 0 Å². The van der Waals surface area contributed by atoms with Crippen LogP contribution in [0.15, 0.2) is 0 Å². The molecule has 15 heavy (non-hydrogen) atoms. The lowest BCUT2D eigenvalue weighted by molar-refractivity contribution is -0.128. The van der Waals surface area contributed by atoms with Crippen LogP contribution < -0.4 is 16.6 Å². The number of rotatable bonds is 6. The van der Waals surface area contributed by atoms with Crippen molar-refractivity contribution in [1.82, 2.24) is 15.6 Å². The summed E-state index contributed by atoms with van der Waals surface area (Å²) in [5.74, 6) is 4.68. The molecule has 0 bridgehead atoms. The van der Waals surface area contributed by atoms with Gasteiger partial charge in [-0.25, -0.2) is 5.84 Å². The lowest BCUT2D eigenvalue weighted by Crippen LogP contribution is -2.50. The van der Waals surface area contributed by atoms with Crippen LogP contribution in [0.4, 0.5) is 0 Å². The van der Waals surface area contributed by atoms with E-state index in [2.05, 4.69) is 10.7 Å². The van der Waals surface area contributed by atoms with E-state index in [1.807, 2.05) is 13.8 Å². The van der Waals surface area contributed by atoms with Gasteiger partial charge in [-0.3, -0.25) is 19.9 Å². The number of nitrogens with two attached hydrogens (primary N) is 1. The quantitative estimate of drug-likeness (QED) is 0.296. The SMILES string of the molecule is CCNC(=O)CN(C)C(CC)C(=O)NN. The van der Waals surface area contributed by atoms with Gasteiger partial charge in [-0.1, -0.05) is 6.92 Å². The molecule has 88 valence electrons. The molecule has 0 fully saturated rings. The molecule has 6 nitrogen and oxygen atoms in total. The molecule has 0 aliphatic rings. The van der Waals surface area contributed by atoms with Gasteiger partial charge in [0, 0.05) is 6.54 Å². The lowest BCUT2D eigenvalue weighted by Gasteiger charge is -2.24. The monoisotopic (exact) mass is 216 g/mol. The molecule has 6 heteroatoms. The Bertz CT molecular complexity index is 220. The Morgan fingerprint density at radius 2 is 2.00 bits per heavy atom. The summed E-state index contributed by atoms with van der Waals surface area (Å²) >= 11 is 0. The molecule has 2 amide bonds. The third kappa shape index (κ3) is 4.75. The standard InChI is InChI=1S/C9H20N4O2/c1-4-7(9(15)12-10)13(3)6-8(14)11-5-2/h7H,4-6,10H2,1-3H3,(H,11,14)(H,12,15). The average molecular weight is 216 g/mol. The second-order valence-corrected chi connectivity index (χ2v) is 3.30. The zero-order valence-corrected chi connectivity index (χ0v) is 9.54. The van der Waals surface area contributed by atoms with Gasteiger partial charge in [0.2, 0.25) is 5.91 Å². The molecule has 0 radical (unpaired) electrons. The second-order valence-electron chi connectivity index (χ2n) is 3.30. The zero-order chi connectivity index (χ0) is 11.8. The Balaban J connectivity index is 4.20. The maximum absolute atomic E-state index is 11.3. The first-order valence-electron chi connectivity index (χ1n) is 5.04. The van der Waals surface area contributed by atoms with Crippen molar-refractivity contribution >= 4 is 11.8 Å². The molecular formula is C9H20N4O2. The second kappa shape index (κ2) is 7.19. The molecule has 0 spiro atoms. The number of hydrogen-bond acceptors (Lipinski definition) is 4. The highest BCUT2D eigenvalue weighted by molar-refractivity contribution is 5.83. The average Bonchev–Trinajstić information content (AvgIpc) is 2.18. The lowest BCUT2D eigenvalue weighted by atomic mass is 10.2. The molecule has 1 atom stereocenters. The number of carbonyl (C=O) groups is 2. The summed E-state index contributed by atoms with van der Waals surface area (Å²) in [7, 11) is 1.72. The first-order valence-corrected chi connectivity index (χ1v) is 5.04. The molecular weight excluding hydrogens is 196 g/mol. The van der Waals surface area contributed by atoms with E-state index >= 15 is 0 Å². The summed E-state index contributed by atoms with van der Waals surface area (Å²) in [6, 6.07) is -0.363. The Morgan fingerprint density at radius 3 is 2.40 bits per heavy atom. The predicted octanol–water partition coefficient (Wildman–Crippen LogP) is -1.18. The van der Waals surface area contributed by atoms with Crippen LogP contribution >= 0.6 is 0 Å². The minimum absolute atomic E-state index is 0.0942. The van der Waals surface area contributed by atoms with Crippen molar-refractivity contribution in [3.05, 3.63) is 0 Å². The first-order chi connectivity index (χ1) is 7.06. The van der Waals surface area contributed by atoms with E-state index in [1.165, 1.54) is 0 Å². The van der Waals surface area contributed by atoms with Crippen LogP contribution in [-0.4, -0.2) is 42.9 Å². The van der Waals surface area contributed by atoms with Crippen molar-refractivity contribution < 1.29 is 9.59 Å². The maximum atomic E-state index is 11.3. The van der Waals surface area contributed by atoms with Crippen molar-refractivity contribution in [3.63, 3.8) is 0 Å². The molecule has 0 aliphatic carbocycles. The minimum atomic E-state index is -0.363. The Morgan fingerprint density at radius 1 is 1.40 bits per heavy atom. The van der Waals surface area contributed by atoms with Gasteiger partial charge in [-0.05, 0) is 20.4 Å². The molecule has 0 aromatic heterocycles. The number of carbonyl (C=O) groups excluding carboxylic acids is 2. The summed E-state index contributed by atoms with van der Waals surface area (Å²) in [5, 5.41) is 2.67. The van der Waals surface area contributed by atoms with Crippen LogP contribution in [0.2, 0.25) is 0 Å². The van der Waals surface area contributed by atoms with E-state index in [4.69, 9.17) is 5.84 Å². The van der Waals surface area contributed by atoms with Crippen molar-refractivity contribution in [2.45, 2.75) is 26.3 Å². The van der Waals surface area contributed by atoms with Crippen LogP contribution in [0.5, 0.6) is 0 Å².